The molecule has 29 heavy (non-hydrogen) atoms. The Morgan fingerprint density at radius 2 is 2.00 bits per heavy atom. The highest BCUT2D eigenvalue weighted by molar-refractivity contribution is 14.0. The summed E-state index contributed by atoms with van der Waals surface area (Å²) in [5.41, 5.74) is 0. The average molecular weight is 531 g/mol. The van der Waals surface area contributed by atoms with E-state index in [2.05, 4.69) is 52.6 Å². The molecular weight excluding hydrogens is 495 g/mol. The third kappa shape index (κ3) is 7.38. The molecule has 1 fully saturated rings. The molecule has 0 bridgehead atoms. The van der Waals surface area contributed by atoms with Crippen molar-refractivity contribution >= 4 is 51.4 Å². The van der Waals surface area contributed by atoms with E-state index in [9.17, 15) is 5.11 Å². The van der Waals surface area contributed by atoms with Crippen LogP contribution < -0.4 is 10.6 Å². The SMILES string of the molecule is CCNC(=NCC(O)c1cc2ccccc2s1)NCCC1CCN(CC)CC1.I. The summed E-state index contributed by atoms with van der Waals surface area (Å²) < 4.78 is 1.21. The van der Waals surface area contributed by atoms with Gasteiger partial charge in [-0.25, -0.2) is 0 Å². The van der Waals surface area contributed by atoms with Crippen molar-refractivity contribution in [3.63, 3.8) is 0 Å². The van der Waals surface area contributed by atoms with Crippen LogP contribution in [0.5, 0.6) is 0 Å². The van der Waals surface area contributed by atoms with Gasteiger partial charge in [0.15, 0.2) is 5.96 Å². The van der Waals surface area contributed by atoms with Crippen LogP contribution in [0.4, 0.5) is 0 Å². The number of aliphatic hydroxyl groups excluding tert-OH is 1. The number of nitrogens with zero attached hydrogens (tertiary/aromatic N) is 2. The first-order valence-corrected chi connectivity index (χ1v) is 11.4. The third-order valence-electron chi connectivity index (χ3n) is 5.54. The Morgan fingerprint density at radius 1 is 1.24 bits per heavy atom. The number of aliphatic imine (C=N–C) groups is 1. The second-order valence-corrected chi connectivity index (χ2v) is 8.63. The maximum absolute atomic E-state index is 10.6. The monoisotopic (exact) mass is 530 g/mol. The van der Waals surface area contributed by atoms with Crippen LogP contribution in [0.1, 0.15) is 44.1 Å². The minimum Gasteiger partial charge on any atom is -0.386 e. The summed E-state index contributed by atoms with van der Waals surface area (Å²) in [5, 5.41) is 18.5. The van der Waals surface area contributed by atoms with Crippen LogP contribution in [0.3, 0.4) is 0 Å². The topological polar surface area (TPSA) is 59.9 Å². The van der Waals surface area contributed by atoms with Crippen LogP contribution in [0, 0.1) is 5.92 Å². The van der Waals surface area contributed by atoms with Gasteiger partial charge in [-0.3, -0.25) is 4.99 Å². The molecule has 0 spiro atoms. The van der Waals surface area contributed by atoms with E-state index < -0.39 is 6.10 Å². The normalized spacial score (nSPS) is 17.1. The number of rotatable bonds is 8. The summed E-state index contributed by atoms with van der Waals surface area (Å²) in [7, 11) is 0. The number of likely N-dealkylation sites (tertiary alicyclic amines) is 1. The van der Waals surface area contributed by atoms with Crippen molar-refractivity contribution in [3.8, 4) is 0 Å². The largest absolute Gasteiger partial charge is 0.386 e. The highest BCUT2D eigenvalue weighted by Gasteiger charge is 2.17. The van der Waals surface area contributed by atoms with Crippen molar-refractivity contribution < 1.29 is 5.11 Å². The first-order valence-electron chi connectivity index (χ1n) is 10.6. The maximum Gasteiger partial charge on any atom is 0.191 e. The highest BCUT2D eigenvalue weighted by Crippen LogP contribution is 2.29. The molecule has 1 saturated heterocycles. The van der Waals surface area contributed by atoms with Gasteiger partial charge in [-0.2, -0.15) is 0 Å². The minimum absolute atomic E-state index is 0. The number of hydrogen-bond donors (Lipinski definition) is 3. The second kappa shape index (κ2) is 12.7. The Labute approximate surface area is 196 Å². The molecule has 1 aliphatic heterocycles. The fourth-order valence-corrected chi connectivity index (χ4v) is 4.80. The lowest BCUT2D eigenvalue weighted by molar-refractivity contribution is 0.187. The van der Waals surface area contributed by atoms with E-state index in [0.29, 0.717) is 6.54 Å². The van der Waals surface area contributed by atoms with Crippen LogP contribution in [-0.2, 0) is 0 Å². The molecule has 0 aliphatic carbocycles. The summed E-state index contributed by atoms with van der Waals surface area (Å²) in [4.78, 5) is 8.12. The number of aliphatic hydroxyl groups is 1. The molecule has 0 saturated carbocycles. The van der Waals surface area contributed by atoms with Crippen LogP contribution in [-0.4, -0.2) is 55.2 Å². The molecule has 0 radical (unpaired) electrons. The molecule has 0 amide bonds. The second-order valence-electron chi connectivity index (χ2n) is 7.52. The van der Waals surface area contributed by atoms with E-state index in [1.165, 1.54) is 49.0 Å². The Balaban J connectivity index is 0.00000300. The predicted octanol–water partition coefficient (Wildman–Crippen LogP) is 4.23. The molecule has 1 aliphatic rings. The van der Waals surface area contributed by atoms with Gasteiger partial charge < -0.3 is 20.6 Å². The Kier molecular flexibility index (Phi) is 10.7. The van der Waals surface area contributed by atoms with Gasteiger partial charge in [-0.15, -0.1) is 35.3 Å². The van der Waals surface area contributed by atoms with Crippen molar-refractivity contribution in [2.45, 2.75) is 39.2 Å². The molecule has 7 heteroatoms. The number of hydrogen-bond acceptors (Lipinski definition) is 4. The summed E-state index contributed by atoms with van der Waals surface area (Å²) in [5.74, 6) is 1.61. The Bertz CT molecular complexity index is 725. The summed E-state index contributed by atoms with van der Waals surface area (Å²) >= 11 is 1.64. The molecule has 3 rings (SSSR count). The van der Waals surface area contributed by atoms with Gasteiger partial charge in [0.05, 0.1) is 6.54 Å². The zero-order valence-electron chi connectivity index (χ0n) is 17.6. The van der Waals surface area contributed by atoms with Crippen molar-refractivity contribution in [2.24, 2.45) is 10.9 Å². The summed E-state index contributed by atoms with van der Waals surface area (Å²) in [6, 6.07) is 10.3. The molecule has 1 unspecified atom stereocenters. The van der Waals surface area contributed by atoms with Gasteiger partial charge in [0.1, 0.15) is 6.10 Å². The third-order valence-corrected chi connectivity index (χ3v) is 6.76. The minimum atomic E-state index is -0.564. The lowest BCUT2D eigenvalue weighted by Gasteiger charge is -2.31. The first kappa shape index (κ1) is 24.4. The van der Waals surface area contributed by atoms with Crippen LogP contribution in [0.2, 0.25) is 0 Å². The van der Waals surface area contributed by atoms with Crippen LogP contribution in [0.15, 0.2) is 35.3 Å². The van der Waals surface area contributed by atoms with E-state index in [1.807, 2.05) is 12.1 Å². The first-order chi connectivity index (χ1) is 13.7. The number of piperidine rings is 1. The van der Waals surface area contributed by atoms with Crippen molar-refractivity contribution in [1.29, 1.82) is 0 Å². The zero-order chi connectivity index (χ0) is 19.8. The van der Waals surface area contributed by atoms with Gasteiger partial charge in [0, 0.05) is 22.7 Å². The van der Waals surface area contributed by atoms with E-state index in [1.54, 1.807) is 11.3 Å². The zero-order valence-corrected chi connectivity index (χ0v) is 20.7. The van der Waals surface area contributed by atoms with Gasteiger partial charge in [0.2, 0.25) is 0 Å². The molecule has 162 valence electrons. The smallest absolute Gasteiger partial charge is 0.191 e. The van der Waals surface area contributed by atoms with Gasteiger partial charge >= 0.3 is 0 Å². The lowest BCUT2D eigenvalue weighted by Crippen LogP contribution is -2.39. The molecule has 5 nitrogen and oxygen atoms in total. The lowest BCUT2D eigenvalue weighted by atomic mass is 9.93. The van der Waals surface area contributed by atoms with E-state index in [0.717, 1.165) is 29.8 Å². The van der Waals surface area contributed by atoms with E-state index >= 15 is 0 Å². The molecule has 1 aromatic heterocycles. The summed E-state index contributed by atoms with van der Waals surface area (Å²) in [6.07, 6.45) is 3.22. The van der Waals surface area contributed by atoms with E-state index in [-0.39, 0.29) is 24.0 Å². The fourth-order valence-electron chi connectivity index (χ4n) is 3.76. The number of fused-ring (bicyclic) bond motifs is 1. The molecule has 1 aromatic carbocycles. The highest BCUT2D eigenvalue weighted by atomic mass is 127. The van der Waals surface area contributed by atoms with Gasteiger partial charge in [-0.1, -0.05) is 25.1 Å². The number of nitrogens with one attached hydrogen (secondary N) is 2. The molecule has 2 aromatic rings. The molecule has 1 atom stereocenters. The molecular formula is C22H35IN4OS. The number of benzene rings is 1. The van der Waals surface area contributed by atoms with Gasteiger partial charge in [-0.05, 0) is 69.3 Å². The predicted molar refractivity (Wildman–Crippen MR) is 136 cm³/mol. The van der Waals surface area contributed by atoms with Crippen molar-refractivity contribution in [2.75, 3.05) is 39.3 Å². The molecule has 2 heterocycles. The van der Waals surface area contributed by atoms with Crippen LogP contribution in [0.25, 0.3) is 10.1 Å². The Morgan fingerprint density at radius 3 is 2.69 bits per heavy atom. The quantitative estimate of drug-likeness (QED) is 0.272. The Hall–Kier alpha value is -0.900. The van der Waals surface area contributed by atoms with Gasteiger partial charge in [0.25, 0.3) is 0 Å². The standard InChI is InChI=1S/C22H34N4OS.HI/c1-3-23-22(24-12-9-17-10-13-26(4-2)14-11-17)25-16-19(27)21-15-18-7-5-6-8-20(18)28-21;/h5-8,15,17,19,27H,3-4,9-14,16H2,1-2H3,(H2,23,24,25);1H. The van der Waals surface area contributed by atoms with Crippen LogP contribution >= 0.6 is 35.3 Å². The maximum atomic E-state index is 10.6. The van der Waals surface area contributed by atoms with Crippen molar-refractivity contribution in [3.05, 3.63) is 35.2 Å². The molecule has 3 N–H and O–H groups in total. The fraction of sp³-hybridized carbons (Fsp3) is 0.591. The number of thiophene rings is 1. The number of guanidine groups is 1. The average Bonchev–Trinajstić information content (AvgIpc) is 3.16. The number of halogens is 1. The van der Waals surface area contributed by atoms with E-state index in [4.69, 9.17) is 0 Å². The summed E-state index contributed by atoms with van der Waals surface area (Å²) in [6.45, 7) is 10.1. The van der Waals surface area contributed by atoms with Crippen molar-refractivity contribution in [1.82, 2.24) is 15.5 Å².